The van der Waals surface area contributed by atoms with Crippen LogP contribution in [0.15, 0.2) is 27.8 Å². The maximum atomic E-state index is 5.02. The molecule has 0 aliphatic rings. The lowest BCUT2D eigenvalue weighted by molar-refractivity contribution is 0.208. The van der Waals surface area contributed by atoms with Gasteiger partial charge in [-0.25, -0.2) is 0 Å². The van der Waals surface area contributed by atoms with Crippen LogP contribution in [0.3, 0.4) is 0 Å². The fourth-order valence-corrected chi connectivity index (χ4v) is 0.663. The Labute approximate surface area is 65.7 Å². The molecule has 0 unspecified atom stereocenters. The number of rotatable bonds is 4. The molecule has 0 aliphatic carbocycles. The largest absolute Gasteiger partial charge is 0.463 e. The third-order valence-electron chi connectivity index (χ3n) is 1.19. The van der Waals surface area contributed by atoms with E-state index in [4.69, 9.17) is 9.15 Å². The zero-order valence-electron chi connectivity index (χ0n) is 6.49. The van der Waals surface area contributed by atoms with Crippen molar-refractivity contribution in [1.29, 1.82) is 0 Å². The molecule has 3 heteroatoms. The molecule has 1 heterocycles. The number of nitrogens with zero attached hydrogens (tertiary/aromatic N) is 1. The SMILES string of the molecule is COCC/N=C/c1ccco1. The summed E-state index contributed by atoms with van der Waals surface area (Å²) in [6, 6.07) is 3.69. The first-order valence-electron chi connectivity index (χ1n) is 3.46. The van der Waals surface area contributed by atoms with Crippen LogP contribution in [-0.4, -0.2) is 26.5 Å². The minimum absolute atomic E-state index is 0.650. The Bertz CT molecular complexity index is 204. The molecule has 0 N–H and O–H groups in total. The molecule has 0 fully saturated rings. The normalized spacial score (nSPS) is 11.0. The molecule has 0 radical (unpaired) electrons. The van der Waals surface area contributed by atoms with Crippen molar-refractivity contribution in [1.82, 2.24) is 0 Å². The van der Waals surface area contributed by atoms with E-state index >= 15 is 0 Å². The molecule has 0 aromatic carbocycles. The summed E-state index contributed by atoms with van der Waals surface area (Å²) in [6.07, 6.45) is 3.32. The molecule has 1 aromatic rings. The van der Waals surface area contributed by atoms with Gasteiger partial charge in [-0.2, -0.15) is 0 Å². The predicted octanol–water partition coefficient (Wildman–Crippen LogP) is 1.34. The van der Waals surface area contributed by atoms with Crippen molar-refractivity contribution < 1.29 is 9.15 Å². The van der Waals surface area contributed by atoms with Crippen LogP contribution in [0.2, 0.25) is 0 Å². The quantitative estimate of drug-likeness (QED) is 0.483. The van der Waals surface area contributed by atoms with Crippen molar-refractivity contribution >= 4 is 6.21 Å². The Morgan fingerprint density at radius 1 is 1.73 bits per heavy atom. The summed E-state index contributed by atoms with van der Waals surface area (Å²) in [4.78, 5) is 4.06. The minimum atomic E-state index is 0.650. The van der Waals surface area contributed by atoms with Crippen molar-refractivity contribution in [3.63, 3.8) is 0 Å². The lowest BCUT2D eigenvalue weighted by Gasteiger charge is -1.89. The average Bonchev–Trinajstić information content (AvgIpc) is 2.50. The van der Waals surface area contributed by atoms with Crippen LogP contribution in [-0.2, 0) is 4.74 Å². The van der Waals surface area contributed by atoms with E-state index in [2.05, 4.69) is 4.99 Å². The number of methoxy groups -OCH3 is 1. The molecule has 0 amide bonds. The van der Waals surface area contributed by atoms with Crippen LogP contribution in [0.4, 0.5) is 0 Å². The summed E-state index contributed by atoms with van der Waals surface area (Å²) >= 11 is 0. The van der Waals surface area contributed by atoms with Gasteiger partial charge in [-0.3, -0.25) is 4.99 Å². The topological polar surface area (TPSA) is 34.7 Å². The smallest absolute Gasteiger partial charge is 0.144 e. The molecule has 0 saturated heterocycles. The molecule has 1 aromatic heterocycles. The molecule has 60 valence electrons. The van der Waals surface area contributed by atoms with E-state index in [9.17, 15) is 0 Å². The van der Waals surface area contributed by atoms with Crippen LogP contribution in [0, 0.1) is 0 Å². The first-order valence-corrected chi connectivity index (χ1v) is 3.46. The van der Waals surface area contributed by atoms with Gasteiger partial charge in [0.05, 0.1) is 25.6 Å². The van der Waals surface area contributed by atoms with Crippen LogP contribution < -0.4 is 0 Å². The molecule has 11 heavy (non-hydrogen) atoms. The Hall–Kier alpha value is -1.09. The monoisotopic (exact) mass is 153 g/mol. The zero-order chi connectivity index (χ0) is 7.94. The van der Waals surface area contributed by atoms with Crippen molar-refractivity contribution in [2.45, 2.75) is 0 Å². The van der Waals surface area contributed by atoms with Crippen LogP contribution >= 0.6 is 0 Å². The minimum Gasteiger partial charge on any atom is -0.463 e. The number of hydrogen-bond acceptors (Lipinski definition) is 3. The van der Waals surface area contributed by atoms with Crippen molar-refractivity contribution in [2.75, 3.05) is 20.3 Å². The zero-order valence-corrected chi connectivity index (χ0v) is 6.49. The Balaban J connectivity index is 2.25. The maximum absolute atomic E-state index is 5.02. The first-order chi connectivity index (χ1) is 5.43. The summed E-state index contributed by atoms with van der Waals surface area (Å²) < 4.78 is 9.84. The third kappa shape index (κ3) is 3.00. The van der Waals surface area contributed by atoms with Crippen molar-refractivity contribution in [2.24, 2.45) is 4.99 Å². The number of aliphatic imine (C=N–C) groups is 1. The summed E-state index contributed by atoms with van der Waals surface area (Å²) in [5.74, 6) is 0.779. The van der Waals surface area contributed by atoms with E-state index in [1.165, 1.54) is 0 Å². The van der Waals surface area contributed by atoms with Gasteiger partial charge in [0, 0.05) is 7.11 Å². The van der Waals surface area contributed by atoms with E-state index in [0.29, 0.717) is 13.2 Å². The lowest BCUT2D eigenvalue weighted by Crippen LogP contribution is -1.92. The molecule has 0 aliphatic heterocycles. The highest BCUT2D eigenvalue weighted by Crippen LogP contribution is 1.94. The van der Waals surface area contributed by atoms with Gasteiger partial charge in [0.1, 0.15) is 5.76 Å². The lowest BCUT2D eigenvalue weighted by atomic mass is 10.5. The van der Waals surface area contributed by atoms with Crippen LogP contribution in [0.5, 0.6) is 0 Å². The summed E-state index contributed by atoms with van der Waals surface area (Å²) in [6.45, 7) is 1.33. The Morgan fingerprint density at radius 3 is 3.27 bits per heavy atom. The van der Waals surface area contributed by atoms with Gasteiger partial charge >= 0.3 is 0 Å². The summed E-state index contributed by atoms with van der Waals surface area (Å²) in [5, 5.41) is 0. The maximum Gasteiger partial charge on any atom is 0.144 e. The van der Waals surface area contributed by atoms with Crippen LogP contribution in [0.25, 0.3) is 0 Å². The van der Waals surface area contributed by atoms with Gasteiger partial charge in [-0.05, 0) is 12.1 Å². The Morgan fingerprint density at radius 2 is 2.64 bits per heavy atom. The number of hydrogen-bond donors (Lipinski definition) is 0. The molecular formula is C8H11NO2. The second-order valence-electron chi connectivity index (χ2n) is 2.04. The van der Waals surface area contributed by atoms with Gasteiger partial charge in [0.2, 0.25) is 0 Å². The first kappa shape index (κ1) is 8.01. The standard InChI is InChI=1S/C8H11NO2/c1-10-6-4-9-7-8-3-2-5-11-8/h2-3,5,7H,4,6H2,1H3/b9-7+. The third-order valence-corrected chi connectivity index (χ3v) is 1.19. The fraction of sp³-hybridized carbons (Fsp3) is 0.375. The second-order valence-corrected chi connectivity index (χ2v) is 2.04. The fourth-order valence-electron chi connectivity index (χ4n) is 0.663. The highest BCUT2D eigenvalue weighted by atomic mass is 16.5. The molecule has 0 spiro atoms. The predicted molar refractivity (Wildman–Crippen MR) is 43.0 cm³/mol. The second kappa shape index (κ2) is 4.68. The summed E-state index contributed by atoms with van der Waals surface area (Å²) in [7, 11) is 1.66. The molecule has 1 rings (SSSR count). The number of ether oxygens (including phenoxy) is 1. The number of furan rings is 1. The van der Waals surface area contributed by atoms with E-state index in [1.807, 2.05) is 12.1 Å². The molecular weight excluding hydrogens is 142 g/mol. The molecule has 0 saturated carbocycles. The van der Waals surface area contributed by atoms with E-state index in [1.54, 1.807) is 19.6 Å². The van der Waals surface area contributed by atoms with E-state index in [-0.39, 0.29) is 0 Å². The van der Waals surface area contributed by atoms with Gasteiger partial charge in [-0.15, -0.1) is 0 Å². The molecule has 3 nitrogen and oxygen atoms in total. The van der Waals surface area contributed by atoms with E-state index in [0.717, 1.165) is 5.76 Å². The van der Waals surface area contributed by atoms with Crippen LogP contribution in [0.1, 0.15) is 5.76 Å². The average molecular weight is 153 g/mol. The van der Waals surface area contributed by atoms with Gasteiger partial charge in [0.15, 0.2) is 0 Å². The van der Waals surface area contributed by atoms with Crippen molar-refractivity contribution in [3.8, 4) is 0 Å². The van der Waals surface area contributed by atoms with Gasteiger partial charge in [0.25, 0.3) is 0 Å². The van der Waals surface area contributed by atoms with Gasteiger partial charge in [-0.1, -0.05) is 0 Å². The van der Waals surface area contributed by atoms with Gasteiger partial charge < -0.3 is 9.15 Å². The summed E-state index contributed by atoms with van der Waals surface area (Å²) in [5.41, 5.74) is 0. The van der Waals surface area contributed by atoms with E-state index < -0.39 is 0 Å². The molecule has 0 atom stereocenters. The van der Waals surface area contributed by atoms with Crippen molar-refractivity contribution in [3.05, 3.63) is 24.2 Å². The Kier molecular flexibility index (Phi) is 3.41. The highest BCUT2D eigenvalue weighted by molar-refractivity contribution is 5.75. The highest BCUT2D eigenvalue weighted by Gasteiger charge is 1.86. The molecule has 0 bridgehead atoms.